The Morgan fingerprint density at radius 2 is 1.63 bits per heavy atom. The van der Waals surface area contributed by atoms with E-state index in [2.05, 4.69) is 82.7 Å². The van der Waals surface area contributed by atoms with Crippen molar-refractivity contribution in [3.05, 3.63) is 12.7 Å². The van der Waals surface area contributed by atoms with Crippen LogP contribution in [-0.2, 0) is 13.6 Å². The molecule has 0 bridgehead atoms. The van der Waals surface area contributed by atoms with E-state index in [9.17, 15) is 0 Å². The van der Waals surface area contributed by atoms with E-state index in [-0.39, 0.29) is 34.6 Å². The molecule has 0 aliphatic carbocycles. The van der Waals surface area contributed by atoms with Crippen molar-refractivity contribution >= 4 is 27.8 Å². The van der Waals surface area contributed by atoms with E-state index in [1.54, 1.807) is 6.33 Å². The van der Waals surface area contributed by atoms with Gasteiger partial charge in [-0.1, -0.05) is 41.5 Å². The van der Waals surface area contributed by atoms with Crippen LogP contribution in [0.3, 0.4) is 0 Å². The highest BCUT2D eigenvalue weighted by atomic mass is 28.4. The Balaban J connectivity index is 1.89. The van der Waals surface area contributed by atoms with E-state index in [1.807, 2.05) is 18.4 Å². The van der Waals surface area contributed by atoms with E-state index < -0.39 is 16.6 Å². The zero-order valence-corrected chi connectivity index (χ0v) is 25.8. The maximum Gasteiger partial charge on any atom is 0.245 e. The Kier molecular flexibility index (Phi) is 7.95. The molecule has 1 fully saturated rings. The van der Waals surface area contributed by atoms with Gasteiger partial charge in [0, 0.05) is 6.42 Å². The lowest BCUT2D eigenvalue weighted by atomic mass is 10.2. The van der Waals surface area contributed by atoms with Gasteiger partial charge in [0.15, 0.2) is 27.8 Å². The number of nitrogens with zero attached hydrogens (tertiary/aromatic N) is 4. The number of hydrogen-bond donors (Lipinski definition) is 0. The Hall–Kier alpha value is -1.34. The Bertz CT molecular complexity index is 1010. The summed E-state index contributed by atoms with van der Waals surface area (Å²) in [6.45, 7) is 27.2. The monoisotopic (exact) mass is 522 g/mol. The third kappa shape index (κ3) is 6.15. The fourth-order valence-electron chi connectivity index (χ4n) is 3.56. The van der Waals surface area contributed by atoms with Crippen LogP contribution in [0.4, 0.5) is 0 Å². The predicted molar refractivity (Wildman–Crippen MR) is 145 cm³/mol. The van der Waals surface area contributed by atoms with Crippen LogP contribution in [0.15, 0.2) is 12.7 Å². The second-order valence-electron chi connectivity index (χ2n) is 13.0. The number of fused-ring (bicyclic) bond motifs is 1. The summed E-state index contributed by atoms with van der Waals surface area (Å²) in [6.07, 6.45) is 3.55. The molecule has 10 heteroatoms. The largest absolute Gasteiger partial charge is 0.473 e. The molecule has 0 N–H and O–H groups in total. The second-order valence-corrected chi connectivity index (χ2v) is 22.6. The molecule has 2 aromatic heterocycles. The Morgan fingerprint density at radius 3 is 2.20 bits per heavy atom. The van der Waals surface area contributed by atoms with Gasteiger partial charge < -0.3 is 18.3 Å². The summed E-state index contributed by atoms with van der Waals surface area (Å²) in [7, 11) is -3.95. The average Bonchev–Trinajstić information content (AvgIpc) is 3.28. The molecule has 1 aliphatic heterocycles. The summed E-state index contributed by atoms with van der Waals surface area (Å²) in [5, 5.41) is 0.235. The topological polar surface area (TPSA) is 80.5 Å². The Morgan fingerprint density at radius 1 is 1.00 bits per heavy atom. The average molecular weight is 523 g/mol. The lowest BCUT2D eigenvalue weighted by Crippen LogP contribution is -2.48. The zero-order chi connectivity index (χ0) is 26.4. The first-order valence-corrected chi connectivity index (χ1v) is 18.6. The molecule has 1 aliphatic rings. The minimum Gasteiger partial charge on any atom is -0.473 e. The molecule has 0 unspecified atom stereocenters. The molecule has 1 saturated heterocycles. The number of aromatic nitrogens is 4. The van der Waals surface area contributed by atoms with Crippen molar-refractivity contribution in [3.63, 3.8) is 0 Å². The predicted octanol–water partition coefficient (Wildman–Crippen LogP) is 6.31. The van der Waals surface area contributed by atoms with E-state index >= 15 is 0 Å². The van der Waals surface area contributed by atoms with E-state index in [4.69, 9.17) is 18.3 Å². The number of rotatable bonds is 8. The van der Waals surface area contributed by atoms with Crippen LogP contribution in [0, 0.1) is 0 Å². The lowest BCUT2D eigenvalue weighted by Gasteiger charge is -2.40. The molecule has 8 nitrogen and oxygen atoms in total. The third-order valence-corrected chi connectivity index (χ3v) is 16.8. The van der Waals surface area contributed by atoms with Crippen LogP contribution in [-0.4, -0.2) is 61.1 Å². The van der Waals surface area contributed by atoms with Crippen molar-refractivity contribution in [1.29, 1.82) is 0 Å². The number of ether oxygens (including phenoxy) is 2. The smallest absolute Gasteiger partial charge is 0.245 e. The summed E-state index contributed by atoms with van der Waals surface area (Å²) in [6, 6.07) is 0. The maximum atomic E-state index is 6.90. The van der Waals surface area contributed by atoms with Crippen LogP contribution in [0.2, 0.25) is 36.3 Å². The molecule has 0 amide bonds. The highest BCUT2D eigenvalue weighted by Gasteiger charge is 2.46. The lowest BCUT2D eigenvalue weighted by molar-refractivity contribution is -0.0383. The van der Waals surface area contributed by atoms with E-state index in [1.165, 1.54) is 6.33 Å². The van der Waals surface area contributed by atoms with Crippen LogP contribution >= 0.6 is 0 Å². The molecule has 198 valence electrons. The summed E-state index contributed by atoms with van der Waals surface area (Å²) < 4.78 is 28.0. The maximum absolute atomic E-state index is 6.90. The summed E-state index contributed by atoms with van der Waals surface area (Å²) >= 11 is 0. The molecule has 2 aromatic rings. The first-order chi connectivity index (χ1) is 15.9. The van der Waals surface area contributed by atoms with Crippen LogP contribution in [0.1, 0.15) is 68.0 Å². The number of imidazole rings is 1. The fourth-order valence-corrected chi connectivity index (χ4v) is 5.93. The third-order valence-electron chi connectivity index (χ3n) is 7.83. The minimum absolute atomic E-state index is 0.000200. The van der Waals surface area contributed by atoms with Gasteiger partial charge in [0.1, 0.15) is 18.7 Å². The zero-order valence-electron chi connectivity index (χ0n) is 23.8. The first kappa shape index (κ1) is 28.2. The van der Waals surface area contributed by atoms with Gasteiger partial charge in [-0.2, -0.15) is 4.98 Å². The molecule has 3 rings (SSSR count). The van der Waals surface area contributed by atoms with Crippen LogP contribution in [0.25, 0.3) is 11.2 Å². The van der Waals surface area contributed by atoms with Gasteiger partial charge in [-0.15, -0.1) is 0 Å². The van der Waals surface area contributed by atoms with Gasteiger partial charge in [-0.25, -0.2) is 9.97 Å². The number of hydrogen-bond acceptors (Lipinski definition) is 7. The van der Waals surface area contributed by atoms with Gasteiger partial charge in [0.2, 0.25) is 5.88 Å². The van der Waals surface area contributed by atoms with Crippen molar-refractivity contribution in [2.75, 3.05) is 6.61 Å². The minimum atomic E-state index is -2.01. The summed E-state index contributed by atoms with van der Waals surface area (Å²) in [5.74, 6) is 0.494. The fraction of sp³-hybridized carbons (Fsp3) is 0.800. The quantitative estimate of drug-likeness (QED) is 0.376. The van der Waals surface area contributed by atoms with Crippen molar-refractivity contribution in [2.45, 2.75) is 123 Å². The molecule has 0 radical (unpaired) electrons. The molecular formula is C25H46N4O4Si2. The van der Waals surface area contributed by atoms with Gasteiger partial charge in [0.05, 0.1) is 25.1 Å². The summed E-state index contributed by atoms with van der Waals surface area (Å²) in [4.78, 5) is 13.4. The molecule has 35 heavy (non-hydrogen) atoms. The van der Waals surface area contributed by atoms with Crippen LogP contribution < -0.4 is 4.74 Å². The molecule has 3 heterocycles. The standard InChI is InChI=1S/C25H46N4O4Si2/c1-17(2)31-23-21-22(26-15-27-23)29(16-28-21)20-13-18(33-35(11,12)25(6,7)8)19(32-20)14-30-34(9,10)24(3,4)5/h15-20H,13-14H2,1-12H3/t18-,19-,20-/m1/s1. The van der Waals surface area contributed by atoms with Gasteiger partial charge in [0.25, 0.3) is 0 Å². The van der Waals surface area contributed by atoms with Gasteiger partial charge >= 0.3 is 0 Å². The molecule has 0 aromatic carbocycles. The summed E-state index contributed by atoms with van der Waals surface area (Å²) in [5.41, 5.74) is 1.35. The van der Waals surface area contributed by atoms with Crippen LogP contribution in [0.5, 0.6) is 5.88 Å². The van der Waals surface area contributed by atoms with E-state index in [0.29, 0.717) is 30.1 Å². The van der Waals surface area contributed by atoms with Crippen molar-refractivity contribution in [3.8, 4) is 5.88 Å². The molecule has 3 atom stereocenters. The highest BCUT2D eigenvalue weighted by Crippen LogP contribution is 2.43. The molecular weight excluding hydrogens is 476 g/mol. The van der Waals surface area contributed by atoms with Gasteiger partial charge in [-0.05, 0) is 50.1 Å². The molecule has 0 spiro atoms. The van der Waals surface area contributed by atoms with E-state index in [0.717, 1.165) is 0 Å². The second kappa shape index (κ2) is 9.85. The van der Waals surface area contributed by atoms with Crippen molar-refractivity contribution in [1.82, 2.24) is 19.5 Å². The van der Waals surface area contributed by atoms with Crippen molar-refractivity contribution in [2.24, 2.45) is 0 Å². The Labute approximate surface area is 213 Å². The highest BCUT2D eigenvalue weighted by molar-refractivity contribution is 6.74. The SMILES string of the molecule is CC(C)Oc1ncnc2c1ncn2[C@H]1C[C@@H](O[Si](C)(C)C(C)(C)C)[C@@H](CO[Si](C)(C)C(C)(C)C)O1. The first-order valence-electron chi connectivity index (χ1n) is 12.7. The van der Waals surface area contributed by atoms with Gasteiger partial charge in [-0.3, -0.25) is 4.57 Å². The molecule has 0 saturated carbocycles. The van der Waals surface area contributed by atoms with Crippen molar-refractivity contribution < 1.29 is 18.3 Å². The normalized spacial score (nSPS) is 22.4.